The lowest BCUT2D eigenvalue weighted by Crippen LogP contribution is -2.53. The number of sulfone groups is 1. The van der Waals surface area contributed by atoms with Crippen molar-refractivity contribution in [3.63, 3.8) is 0 Å². The van der Waals surface area contributed by atoms with Crippen molar-refractivity contribution in [3.05, 3.63) is 94.9 Å². The molecule has 1 aliphatic rings. The van der Waals surface area contributed by atoms with Crippen molar-refractivity contribution < 1.29 is 13.5 Å². The highest BCUT2D eigenvalue weighted by atomic mass is 32.2. The van der Waals surface area contributed by atoms with E-state index < -0.39 is 20.5 Å². The van der Waals surface area contributed by atoms with Crippen molar-refractivity contribution >= 4 is 15.9 Å². The molecular formula is C20H20N2O3S. The molecule has 0 amide bonds. The zero-order valence-corrected chi connectivity index (χ0v) is 15.1. The van der Waals surface area contributed by atoms with Crippen molar-refractivity contribution in [2.75, 3.05) is 0 Å². The van der Waals surface area contributed by atoms with Crippen LogP contribution in [0, 0.1) is 6.92 Å². The first-order chi connectivity index (χ1) is 12.3. The summed E-state index contributed by atoms with van der Waals surface area (Å²) in [4.78, 5) is -2.16. The molecule has 1 aliphatic carbocycles. The van der Waals surface area contributed by atoms with Gasteiger partial charge in [-0.1, -0.05) is 48.0 Å². The predicted molar refractivity (Wildman–Crippen MR) is 103 cm³/mol. The van der Waals surface area contributed by atoms with Gasteiger partial charge < -0.3 is 16.6 Å². The van der Waals surface area contributed by atoms with Crippen molar-refractivity contribution in [2.45, 2.75) is 16.7 Å². The standard InChI is InChI=1S/C20H20N2O3S/c1-14-7-9-16(10-8-14)26(24,25)20(22)17(18(21)11-12-19(20)23)13-15-5-3-2-4-6-15/h2-13,23H,21-22H2,1H3. The Kier molecular flexibility index (Phi) is 4.48. The van der Waals surface area contributed by atoms with Crippen LogP contribution in [0.1, 0.15) is 11.1 Å². The van der Waals surface area contributed by atoms with E-state index in [1.165, 1.54) is 24.3 Å². The van der Waals surface area contributed by atoms with Gasteiger partial charge in [0.05, 0.1) is 4.90 Å². The average molecular weight is 368 g/mol. The van der Waals surface area contributed by atoms with Gasteiger partial charge in [-0.15, -0.1) is 0 Å². The van der Waals surface area contributed by atoms with Gasteiger partial charge >= 0.3 is 0 Å². The Morgan fingerprint density at radius 2 is 1.62 bits per heavy atom. The van der Waals surface area contributed by atoms with E-state index in [-0.39, 0.29) is 16.2 Å². The number of aliphatic hydroxyl groups excluding tert-OH is 1. The molecule has 0 heterocycles. The fraction of sp³-hybridized carbons (Fsp3) is 0.100. The summed E-state index contributed by atoms with van der Waals surface area (Å²) in [6.07, 6.45) is 4.25. The minimum absolute atomic E-state index is 0.0132. The Labute approximate surface area is 152 Å². The Bertz CT molecular complexity index is 1020. The minimum Gasteiger partial charge on any atom is -0.509 e. The first-order valence-corrected chi connectivity index (χ1v) is 9.50. The lowest BCUT2D eigenvalue weighted by molar-refractivity contribution is 0.358. The Hall–Kier alpha value is -2.83. The first-order valence-electron chi connectivity index (χ1n) is 8.01. The summed E-state index contributed by atoms with van der Waals surface area (Å²) in [5.41, 5.74) is 14.3. The third-order valence-electron chi connectivity index (χ3n) is 4.38. The normalized spacial score (nSPS) is 22.0. The highest BCUT2D eigenvalue weighted by Gasteiger charge is 2.50. The fourth-order valence-corrected chi connectivity index (χ4v) is 4.50. The van der Waals surface area contributed by atoms with Gasteiger partial charge in [0.15, 0.2) is 0 Å². The van der Waals surface area contributed by atoms with Crippen LogP contribution < -0.4 is 11.5 Å². The second-order valence-corrected chi connectivity index (χ2v) is 8.32. The molecule has 3 rings (SSSR count). The largest absolute Gasteiger partial charge is 0.509 e. The Morgan fingerprint density at radius 1 is 1.00 bits per heavy atom. The Balaban J connectivity index is 2.23. The van der Waals surface area contributed by atoms with E-state index in [0.717, 1.165) is 11.1 Å². The molecule has 0 fully saturated rings. The molecule has 0 bridgehead atoms. The van der Waals surface area contributed by atoms with Gasteiger partial charge in [0.25, 0.3) is 0 Å². The summed E-state index contributed by atoms with van der Waals surface area (Å²) in [6.45, 7) is 1.86. The quantitative estimate of drug-likeness (QED) is 0.772. The number of hydrogen-bond donors (Lipinski definition) is 3. The summed E-state index contributed by atoms with van der Waals surface area (Å²) in [6, 6.07) is 15.4. The molecule has 5 N–H and O–H groups in total. The third kappa shape index (κ3) is 2.83. The summed E-state index contributed by atoms with van der Waals surface area (Å²) >= 11 is 0. The van der Waals surface area contributed by atoms with Crippen molar-refractivity contribution in [2.24, 2.45) is 11.5 Å². The molecule has 2 aromatic rings. The van der Waals surface area contributed by atoms with E-state index in [1.807, 2.05) is 25.1 Å². The predicted octanol–water partition coefficient (Wildman–Crippen LogP) is 2.81. The van der Waals surface area contributed by atoms with Gasteiger partial charge in [-0.2, -0.15) is 0 Å². The lowest BCUT2D eigenvalue weighted by Gasteiger charge is -2.33. The van der Waals surface area contributed by atoms with Crippen LogP contribution in [0.5, 0.6) is 0 Å². The van der Waals surface area contributed by atoms with E-state index in [2.05, 4.69) is 0 Å². The number of benzene rings is 2. The van der Waals surface area contributed by atoms with Gasteiger partial charge in [0, 0.05) is 11.3 Å². The summed E-state index contributed by atoms with van der Waals surface area (Å²) in [5.74, 6) is -0.477. The number of allylic oxidation sites excluding steroid dienone is 2. The zero-order valence-electron chi connectivity index (χ0n) is 14.3. The molecule has 0 spiro atoms. The molecule has 134 valence electrons. The maximum atomic E-state index is 13.3. The van der Waals surface area contributed by atoms with Gasteiger partial charge in [-0.05, 0) is 42.8 Å². The molecule has 2 aromatic carbocycles. The highest BCUT2D eigenvalue weighted by molar-refractivity contribution is 7.93. The zero-order chi connectivity index (χ0) is 18.9. The fourth-order valence-electron chi connectivity index (χ4n) is 2.83. The minimum atomic E-state index is -4.16. The van der Waals surface area contributed by atoms with E-state index in [4.69, 9.17) is 11.5 Å². The van der Waals surface area contributed by atoms with Crippen molar-refractivity contribution in [1.29, 1.82) is 0 Å². The summed E-state index contributed by atoms with van der Waals surface area (Å²) in [5, 5.41) is 10.5. The van der Waals surface area contributed by atoms with E-state index >= 15 is 0 Å². The van der Waals surface area contributed by atoms with E-state index in [0.29, 0.717) is 0 Å². The number of nitrogens with two attached hydrogens (primary N) is 2. The summed E-state index contributed by atoms with van der Waals surface area (Å²) < 4.78 is 26.7. The number of aliphatic hydroxyl groups is 1. The van der Waals surface area contributed by atoms with E-state index in [9.17, 15) is 13.5 Å². The van der Waals surface area contributed by atoms with Gasteiger partial charge in [-0.25, -0.2) is 8.42 Å². The van der Waals surface area contributed by atoms with Crippen LogP contribution in [0.15, 0.2) is 88.7 Å². The van der Waals surface area contributed by atoms with Crippen LogP contribution in [0.2, 0.25) is 0 Å². The van der Waals surface area contributed by atoms with Crippen LogP contribution in [0.3, 0.4) is 0 Å². The van der Waals surface area contributed by atoms with Crippen LogP contribution in [-0.2, 0) is 9.84 Å². The van der Waals surface area contributed by atoms with Crippen LogP contribution in [0.25, 0.3) is 6.08 Å². The first kappa shape index (κ1) is 18.0. The molecule has 5 nitrogen and oxygen atoms in total. The maximum Gasteiger partial charge on any atom is 0.208 e. The van der Waals surface area contributed by atoms with Crippen LogP contribution >= 0.6 is 0 Å². The van der Waals surface area contributed by atoms with Crippen LogP contribution in [0.4, 0.5) is 0 Å². The number of hydrogen-bond acceptors (Lipinski definition) is 5. The highest BCUT2D eigenvalue weighted by Crippen LogP contribution is 2.39. The molecular weight excluding hydrogens is 348 g/mol. The molecule has 6 heteroatoms. The molecule has 0 aliphatic heterocycles. The van der Waals surface area contributed by atoms with Crippen LogP contribution in [-0.4, -0.2) is 18.4 Å². The molecule has 26 heavy (non-hydrogen) atoms. The SMILES string of the molecule is Cc1ccc(S(=O)(=O)C2(N)C(O)=CC=C(N)C2=Cc2ccccc2)cc1. The smallest absolute Gasteiger partial charge is 0.208 e. The molecule has 0 saturated heterocycles. The second-order valence-electron chi connectivity index (χ2n) is 6.19. The summed E-state index contributed by atoms with van der Waals surface area (Å²) in [7, 11) is -4.16. The molecule has 0 saturated carbocycles. The third-order valence-corrected chi connectivity index (χ3v) is 6.55. The van der Waals surface area contributed by atoms with Gasteiger partial charge in [-0.3, -0.25) is 0 Å². The van der Waals surface area contributed by atoms with Gasteiger partial charge in [0.2, 0.25) is 14.7 Å². The topological polar surface area (TPSA) is 106 Å². The van der Waals surface area contributed by atoms with Gasteiger partial charge in [0.1, 0.15) is 5.76 Å². The molecule has 1 atom stereocenters. The number of aryl methyl sites for hydroxylation is 1. The monoisotopic (exact) mass is 368 g/mol. The maximum absolute atomic E-state index is 13.3. The van der Waals surface area contributed by atoms with Crippen molar-refractivity contribution in [1.82, 2.24) is 0 Å². The van der Waals surface area contributed by atoms with E-state index in [1.54, 1.807) is 30.3 Å². The Morgan fingerprint density at radius 3 is 2.23 bits per heavy atom. The molecule has 1 unspecified atom stereocenters. The molecule has 0 aromatic heterocycles. The van der Waals surface area contributed by atoms with Crippen molar-refractivity contribution in [3.8, 4) is 0 Å². The number of rotatable bonds is 3. The lowest BCUT2D eigenvalue weighted by atomic mass is 9.95. The second kappa shape index (κ2) is 6.48. The average Bonchev–Trinajstić information content (AvgIpc) is 2.63. The molecule has 0 radical (unpaired) electrons.